The van der Waals surface area contributed by atoms with E-state index in [-0.39, 0.29) is 58.0 Å². The van der Waals surface area contributed by atoms with Crippen molar-refractivity contribution >= 4 is 35.0 Å². The maximum Gasteiger partial charge on any atom is 0.333 e. The fourth-order valence-electron chi connectivity index (χ4n) is 7.18. The Labute approximate surface area is 255 Å². The number of hydrogen-bond acceptors (Lipinski definition) is 11. The maximum atomic E-state index is 14.6. The van der Waals surface area contributed by atoms with Gasteiger partial charge in [0.05, 0.1) is 32.3 Å². The minimum absolute atomic E-state index is 0.0112. The van der Waals surface area contributed by atoms with Gasteiger partial charge in [0.2, 0.25) is 17.5 Å². The van der Waals surface area contributed by atoms with Gasteiger partial charge in [0.15, 0.2) is 23.1 Å². The molecule has 234 valence electrons. The molecule has 0 saturated carbocycles. The molecule has 0 radical (unpaired) electrons. The van der Waals surface area contributed by atoms with E-state index in [1.165, 1.54) is 33.0 Å². The van der Waals surface area contributed by atoms with Crippen molar-refractivity contribution in [1.82, 2.24) is 9.80 Å². The molecule has 0 N–H and O–H groups in total. The highest BCUT2D eigenvalue weighted by atomic mass is 16.5. The number of esters is 1. The number of methoxy groups -OCH3 is 2. The van der Waals surface area contributed by atoms with Gasteiger partial charge in [-0.15, -0.1) is 0 Å². The Bertz CT molecular complexity index is 1570. The lowest BCUT2D eigenvalue weighted by Crippen LogP contribution is -2.76. The predicted octanol–water partition coefficient (Wildman–Crippen LogP) is 1.30. The molecule has 0 spiro atoms. The number of amides is 1. The van der Waals surface area contributed by atoms with Crippen LogP contribution < -0.4 is 0 Å². The average Bonchev–Trinajstić information content (AvgIpc) is 3.00. The summed E-state index contributed by atoms with van der Waals surface area (Å²) in [6, 6.07) is -3.95. The summed E-state index contributed by atoms with van der Waals surface area (Å²) in [5, 5.41) is 0. The van der Waals surface area contributed by atoms with E-state index in [0.29, 0.717) is 5.57 Å². The predicted molar refractivity (Wildman–Crippen MR) is 154 cm³/mol. The van der Waals surface area contributed by atoms with Crippen LogP contribution in [0, 0.1) is 0 Å². The molecule has 12 nitrogen and oxygen atoms in total. The molecule has 44 heavy (non-hydrogen) atoms. The number of piperazine rings is 1. The summed E-state index contributed by atoms with van der Waals surface area (Å²) in [6.07, 6.45) is 0.392. The van der Waals surface area contributed by atoms with Gasteiger partial charge in [0, 0.05) is 45.6 Å². The van der Waals surface area contributed by atoms with Crippen molar-refractivity contribution in [2.45, 2.75) is 71.3 Å². The van der Waals surface area contributed by atoms with Crippen molar-refractivity contribution in [3.05, 3.63) is 56.6 Å². The number of nitrogens with zero attached hydrogens (tertiary/aromatic N) is 2. The van der Waals surface area contributed by atoms with E-state index in [9.17, 15) is 28.8 Å². The first-order valence-corrected chi connectivity index (χ1v) is 14.5. The molecule has 3 aliphatic heterocycles. The van der Waals surface area contributed by atoms with E-state index in [2.05, 4.69) is 0 Å². The smallest absolute Gasteiger partial charge is 0.333 e. The summed E-state index contributed by atoms with van der Waals surface area (Å²) < 4.78 is 22.3. The lowest BCUT2D eigenvalue weighted by atomic mass is 9.68. The first-order valence-electron chi connectivity index (χ1n) is 14.5. The number of ether oxygens (including phenoxy) is 4. The van der Waals surface area contributed by atoms with Gasteiger partial charge < -0.3 is 23.8 Å². The van der Waals surface area contributed by atoms with Crippen LogP contribution in [-0.2, 0) is 47.7 Å². The van der Waals surface area contributed by atoms with E-state index in [0.717, 1.165) is 0 Å². The molecule has 2 aliphatic carbocycles. The molecule has 1 fully saturated rings. The van der Waals surface area contributed by atoms with Crippen molar-refractivity contribution < 1.29 is 47.7 Å². The van der Waals surface area contributed by atoms with Crippen molar-refractivity contribution in [2.24, 2.45) is 0 Å². The van der Waals surface area contributed by atoms with Crippen LogP contribution in [0.1, 0.15) is 41.0 Å². The fraction of sp³-hybridized carbons (Fsp3) is 0.500. The number of hydrogen-bond donors (Lipinski definition) is 0. The molecule has 0 aromatic rings. The number of ketones is 4. The van der Waals surface area contributed by atoms with Crippen LogP contribution in [0.3, 0.4) is 0 Å². The van der Waals surface area contributed by atoms with Crippen molar-refractivity contribution in [3.63, 3.8) is 0 Å². The Hall–Kier alpha value is -4.16. The molecule has 5 atom stereocenters. The van der Waals surface area contributed by atoms with Crippen molar-refractivity contribution in [2.75, 3.05) is 34.5 Å². The summed E-state index contributed by atoms with van der Waals surface area (Å²) in [5.41, 5.74) is 0.943. The number of carbonyl (C=O) groups is 6. The molecule has 0 aromatic heterocycles. The zero-order chi connectivity index (χ0) is 32.4. The molecule has 2 unspecified atom stereocenters. The summed E-state index contributed by atoms with van der Waals surface area (Å²) in [6.45, 7) is 7.67. The first-order chi connectivity index (χ1) is 20.9. The maximum absolute atomic E-state index is 14.6. The van der Waals surface area contributed by atoms with Crippen molar-refractivity contribution in [1.29, 1.82) is 0 Å². The SMILES string of the molecule is C/C=C(/C)C(=O)OC[C@H]1C2=C(C[C@H]3C4C5=C(C(=O)C(C)=C(OC)C5=O)[C@H](OCC)C(C(=O)N13)N4C)C(=O)C(C)=C(OC)C2=O. The Kier molecular flexibility index (Phi) is 8.10. The van der Waals surface area contributed by atoms with Crippen LogP contribution in [0.25, 0.3) is 0 Å². The standard InChI is InChI=1S/C32H36N2O10/c1-9-13(3)32(40)44-12-18-19-16(24(35)14(4)28(41-7)26(19)37)11-17-22-20-21(25(36)15(5)29(42-8)27(20)38)30(43-10-2)23(33(22)6)31(39)34(17)18/h9,17-18,22-23,30H,10-12H2,1-8H3/b13-9-/t17-,18-,22?,23?,30-/m0/s1. The van der Waals surface area contributed by atoms with Crippen LogP contribution >= 0.6 is 0 Å². The van der Waals surface area contributed by atoms with Crippen LogP contribution in [0.15, 0.2) is 56.6 Å². The fourth-order valence-corrected chi connectivity index (χ4v) is 7.18. The Morgan fingerprint density at radius 3 is 2.05 bits per heavy atom. The summed E-state index contributed by atoms with van der Waals surface area (Å²) >= 11 is 0. The largest absolute Gasteiger partial charge is 0.492 e. The first kappa shape index (κ1) is 31.3. The molecule has 0 aromatic carbocycles. The number of rotatable bonds is 7. The zero-order valence-corrected chi connectivity index (χ0v) is 26.1. The molecule has 5 rings (SSSR count). The van der Waals surface area contributed by atoms with Gasteiger partial charge in [-0.3, -0.25) is 28.9 Å². The van der Waals surface area contributed by atoms with Gasteiger partial charge in [0.1, 0.15) is 18.8 Å². The summed E-state index contributed by atoms with van der Waals surface area (Å²) in [4.78, 5) is 85.9. The molecule has 3 heterocycles. The molecule has 2 bridgehead atoms. The second-order valence-electron chi connectivity index (χ2n) is 11.4. The lowest BCUT2D eigenvalue weighted by molar-refractivity contribution is -0.166. The molecule has 12 heteroatoms. The number of carbonyl (C=O) groups excluding carboxylic acids is 6. The van der Waals surface area contributed by atoms with E-state index in [1.807, 2.05) is 0 Å². The van der Waals surface area contributed by atoms with E-state index >= 15 is 0 Å². The van der Waals surface area contributed by atoms with Gasteiger partial charge in [-0.05, 0) is 48.1 Å². The Morgan fingerprint density at radius 1 is 0.886 bits per heavy atom. The van der Waals surface area contributed by atoms with Crippen LogP contribution in [0.5, 0.6) is 0 Å². The number of likely N-dealkylation sites (N-methyl/N-ethyl adjacent to an activating group) is 1. The molecular formula is C32H36N2O10. The second kappa shape index (κ2) is 11.4. The minimum atomic E-state index is -1.17. The quantitative estimate of drug-likeness (QED) is 0.234. The monoisotopic (exact) mass is 608 g/mol. The molecule has 5 aliphatic rings. The highest BCUT2D eigenvalue weighted by Gasteiger charge is 2.62. The number of Topliss-reactive ketones (excluding diaryl/α,β-unsaturated/α-hetero) is 4. The molecule has 1 amide bonds. The minimum Gasteiger partial charge on any atom is -0.492 e. The van der Waals surface area contributed by atoms with Crippen LogP contribution in [0.4, 0.5) is 0 Å². The summed E-state index contributed by atoms with van der Waals surface area (Å²) in [7, 11) is 4.27. The molecule has 1 saturated heterocycles. The third kappa shape index (κ3) is 4.26. The third-order valence-corrected chi connectivity index (χ3v) is 9.34. The zero-order valence-electron chi connectivity index (χ0n) is 26.1. The summed E-state index contributed by atoms with van der Waals surface area (Å²) in [5.74, 6) is -3.37. The topological polar surface area (TPSA) is 146 Å². The average molecular weight is 609 g/mol. The third-order valence-electron chi connectivity index (χ3n) is 9.34. The highest BCUT2D eigenvalue weighted by Crippen LogP contribution is 2.48. The number of fused-ring (bicyclic) bond motifs is 5. The highest BCUT2D eigenvalue weighted by molar-refractivity contribution is 6.27. The van der Waals surface area contributed by atoms with Crippen molar-refractivity contribution in [3.8, 4) is 0 Å². The van der Waals surface area contributed by atoms with Gasteiger partial charge in [-0.2, -0.15) is 0 Å². The Morgan fingerprint density at radius 2 is 1.48 bits per heavy atom. The molecular weight excluding hydrogens is 572 g/mol. The van der Waals surface area contributed by atoms with Crippen LogP contribution in [0.2, 0.25) is 0 Å². The van der Waals surface area contributed by atoms with E-state index in [1.54, 1.807) is 38.8 Å². The number of allylic oxidation sites excluding steroid dienone is 5. The Balaban J connectivity index is 1.73. The normalized spacial score (nSPS) is 29.3. The van der Waals surface area contributed by atoms with Gasteiger partial charge >= 0.3 is 5.97 Å². The van der Waals surface area contributed by atoms with Gasteiger partial charge in [0.25, 0.3) is 0 Å². The van der Waals surface area contributed by atoms with Gasteiger partial charge in [-0.25, -0.2) is 4.79 Å². The van der Waals surface area contributed by atoms with Gasteiger partial charge in [-0.1, -0.05) is 6.08 Å². The van der Waals surface area contributed by atoms with E-state index in [4.69, 9.17) is 18.9 Å². The van der Waals surface area contributed by atoms with E-state index < -0.39 is 71.9 Å². The van der Waals surface area contributed by atoms with Crippen LogP contribution in [-0.4, -0.2) is 110 Å². The second-order valence-corrected chi connectivity index (χ2v) is 11.4. The lowest BCUT2D eigenvalue weighted by Gasteiger charge is -2.59.